The summed E-state index contributed by atoms with van der Waals surface area (Å²) in [6.07, 6.45) is 1.22. The first-order valence-electron chi connectivity index (χ1n) is 5.38. The maximum atomic E-state index is 13.0. The number of hydrogen-bond acceptors (Lipinski definition) is 3. The maximum Gasteiger partial charge on any atom is 0.150 e. The summed E-state index contributed by atoms with van der Waals surface area (Å²) in [5.74, 6) is 0.154. The van der Waals surface area contributed by atoms with Gasteiger partial charge in [0, 0.05) is 11.7 Å². The van der Waals surface area contributed by atoms with Crippen molar-refractivity contribution in [3.63, 3.8) is 0 Å². The van der Waals surface area contributed by atoms with Crippen molar-refractivity contribution >= 4 is 31.5 Å². The third-order valence-electron chi connectivity index (χ3n) is 2.85. The van der Waals surface area contributed by atoms with E-state index in [9.17, 15) is 12.8 Å². The summed E-state index contributed by atoms with van der Waals surface area (Å²) in [7, 11) is -2.83. The molecular weight excluding hydrogens is 309 g/mol. The van der Waals surface area contributed by atoms with Gasteiger partial charge in [0.15, 0.2) is 0 Å². The predicted molar refractivity (Wildman–Crippen MR) is 69.4 cm³/mol. The van der Waals surface area contributed by atoms with Crippen LogP contribution in [-0.2, 0) is 9.84 Å². The van der Waals surface area contributed by atoms with Gasteiger partial charge in [0.1, 0.15) is 15.7 Å². The van der Waals surface area contributed by atoms with E-state index in [1.165, 1.54) is 6.07 Å². The van der Waals surface area contributed by atoms with Crippen LogP contribution in [0, 0.1) is 5.82 Å². The Hall–Kier alpha value is -0.620. The molecule has 1 aliphatic heterocycles. The van der Waals surface area contributed by atoms with Gasteiger partial charge in [-0.15, -0.1) is 0 Å². The summed E-state index contributed by atoms with van der Waals surface area (Å²) in [4.78, 5) is 0. The van der Waals surface area contributed by atoms with Crippen LogP contribution in [0.15, 0.2) is 22.7 Å². The van der Waals surface area contributed by atoms with E-state index >= 15 is 0 Å². The standard InChI is InChI=1S/C11H13BrFNO2S/c12-10-7-9(1-2-11(10)13)14-8-3-5-17(15,16)6-4-8/h1-2,7-8,14H,3-6H2. The Morgan fingerprint density at radius 2 is 1.94 bits per heavy atom. The molecule has 94 valence electrons. The Morgan fingerprint density at radius 3 is 2.53 bits per heavy atom. The van der Waals surface area contributed by atoms with Crippen molar-refractivity contribution in [2.24, 2.45) is 0 Å². The summed E-state index contributed by atoms with van der Waals surface area (Å²) in [5, 5.41) is 3.23. The molecule has 0 spiro atoms. The van der Waals surface area contributed by atoms with E-state index < -0.39 is 9.84 Å². The number of anilines is 1. The lowest BCUT2D eigenvalue weighted by Gasteiger charge is -2.24. The van der Waals surface area contributed by atoms with E-state index in [-0.39, 0.29) is 23.4 Å². The van der Waals surface area contributed by atoms with Gasteiger partial charge in [-0.25, -0.2) is 12.8 Å². The number of sulfone groups is 1. The normalized spacial score (nSPS) is 20.1. The number of nitrogens with one attached hydrogen (secondary N) is 1. The molecule has 1 aromatic carbocycles. The van der Waals surface area contributed by atoms with Crippen molar-refractivity contribution in [2.45, 2.75) is 18.9 Å². The first-order chi connectivity index (χ1) is 7.96. The van der Waals surface area contributed by atoms with Crippen molar-refractivity contribution < 1.29 is 12.8 Å². The average molecular weight is 322 g/mol. The fourth-order valence-corrected chi connectivity index (χ4v) is 3.73. The van der Waals surface area contributed by atoms with E-state index in [1.807, 2.05) is 0 Å². The van der Waals surface area contributed by atoms with E-state index in [0.29, 0.717) is 17.3 Å². The second kappa shape index (κ2) is 4.94. The Bertz CT molecular complexity index is 504. The zero-order chi connectivity index (χ0) is 12.5. The minimum absolute atomic E-state index is 0.149. The molecule has 1 N–H and O–H groups in total. The van der Waals surface area contributed by atoms with Gasteiger partial charge < -0.3 is 5.32 Å². The molecule has 1 saturated heterocycles. The molecule has 1 fully saturated rings. The van der Waals surface area contributed by atoms with Gasteiger partial charge in [-0.2, -0.15) is 0 Å². The van der Waals surface area contributed by atoms with Crippen LogP contribution in [0.3, 0.4) is 0 Å². The minimum atomic E-state index is -2.83. The van der Waals surface area contributed by atoms with Gasteiger partial charge in [0.05, 0.1) is 16.0 Å². The van der Waals surface area contributed by atoms with Gasteiger partial charge in [-0.1, -0.05) is 0 Å². The molecule has 1 aliphatic rings. The SMILES string of the molecule is O=S1(=O)CCC(Nc2ccc(F)c(Br)c2)CC1. The van der Waals surface area contributed by atoms with Crippen molar-refractivity contribution in [1.82, 2.24) is 0 Å². The first-order valence-corrected chi connectivity index (χ1v) is 8.00. The van der Waals surface area contributed by atoms with Crippen LogP contribution in [0.2, 0.25) is 0 Å². The molecule has 0 atom stereocenters. The van der Waals surface area contributed by atoms with Gasteiger partial charge in [-0.3, -0.25) is 0 Å². The molecule has 0 amide bonds. The topological polar surface area (TPSA) is 46.2 Å². The zero-order valence-corrected chi connectivity index (χ0v) is 11.5. The minimum Gasteiger partial charge on any atom is -0.382 e. The van der Waals surface area contributed by atoms with Crippen LogP contribution in [0.25, 0.3) is 0 Å². The lowest BCUT2D eigenvalue weighted by Crippen LogP contribution is -2.32. The molecule has 0 aromatic heterocycles. The molecule has 1 heterocycles. The lowest BCUT2D eigenvalue weighted by atomic mass is 10.1. The number of halogens is 2. The van der Waals surface area contributed by atoms with Crippen LogP contribution >= 0.6 is 15.9 Å². The van der Waals surface area contributed by atoms with Gasteiger partial charge in [-0.05, 0) is 47.0 Å². The number of rotatable bonds is 2. The van der Waals surface area contributed by atoms with Crippen molar-refractivity contribution in [2.75, 3.05) is 16.8 Å². The third kappa shape index (κ3) is 3.42. The maximum absolute atomic E-state index is 13.0. The molecule has 0 unspecified atom stereocenters. The second-order valence-corrected chi connectivity index (χ2v) is 7.36. The van der Waals surface area contributed by atoms with Crippen LogP contribution in [0.1, 0.15) is 12.8 Å². The van der Waals surface area contributed by atoms with E-state index in [4.69, 9.17) is 0 Å². The van der Waals surface area contributed by atoms with Gasteiger partial charge >= 0.3 is 0 Å². The fourth-order valence-electron chi connectivity index (χ4n) is 1.86. The molecule has 0 bridgehead atoms. The van der Waals surface area contributed by atoms with Crippen molar-refractivity contribution in [3.8, 4) is 0 Å². The smallest absolute Gasteiger partial charge is 0.150 e. The molecule has 6 heteroatoms. The van der Waals surface area contributed by atoms with Crippen LogP contribution in [0.5, 0.6) is 0 Å². The molecule has 17 heavy (non-hydrogen) atoms. The highest BCUT2D eigenvalue weighted by atomic mass is 79.9. The third-order valence-corrected chi connectivity index (χ3v) is 5.17. The highest BCUT2D eigenvalue weighted by Gasteiger charge is 2.23. The Balaban J connectivity index is 2.00. The highest BCUT2D eigenvalue weighted by molar-refractivity contribution is 9.10. The van der Waals surface area contributed by atoms with Crippen LogP contribution in [-0.4, -0.2) is 26.0 Å². The van der Waals surface area contributed by atoms with Crippen LogP contribution in [0.4, 0.5) is 10.1 Å². The average Bonchev–Trinajstić information content (AvgIpc) is 2.27. The summed E-state index contributed by atoms with van der Waals surface area (Å²) in [6, 6.07) is 4.85. The largest absolute Gasteiger partial charge is 0.382 e. The quantitative estimate of drug-likeness (QED) is 0.910. The zero-order valence-electron chi connectivity index (χ0n) is 9.12. The Morgan fingerprint density at radius 1 is 1.29 bits per heavy atom. The molecule has 1 aromatic rings. The molecule has 0 saturated carbocycles. The first kappa shape index (κ1) is 12.8. The Kier molecular flexibility index (Phi) is 3.73. The molecular formula is C11H13BrFNO2S. The molecule has 2 rings (SSSR count). The highest BCUT2D eigenvalue weighted by Crippen LogP contribution is 2.23. The fraction of sp³-hybridized carbons (Fsp3) is 0.455. The summed E-state index contributed by atoms with van der Waals surface area (Å²) in [5.41, 5.74) is 0.808. The van der Waals surface area contributed by atoms with Gasteiger partial charge in [0.25, 0.3) is 0 Å². The predicted octanol–water partition coefficient (Wildman–Crippen LogP) is 2.58. The van der Waals surface area contributed by atoms with E-state index in [2.05, 4.69) is 21.2 Å². The van der Waals surface area contributed by atoms with E-state index in [1.54, 1.807) is 12.1 Å². The van der Waals surface area contributed by atoms with E-state index in [0.717, 1.165) is 5.69 Å². The monoisotopic (exact) mass is 321 g/mol. The number of benzene rings is 1. The summed E-state index contributed by atoms with van der Waals surface area (Å²) in [6.45, 7) is 0. The molecule has 0 aliphatic carbocycles. The summed E-state index contributed by atoms with van der Waals surface area (Å²) < 4.78 is 36.0. The summed E-state index contributed by atoms with van der Waals surface area (Å²) >= 11 is 3.12. The number of hydrogen-bond donors (Lipinski definition) is 1. The van der Waals surface area contributed by atoms with Crippen LogP contribution < -0.4 is 5.32 Å². The molecule has 0 radical (unpaired) electrons. The lowest BCUT2D eigenvalue weighted by molar-refractivity contribution is 0.559. The van der Waals surface area contributed by atoms with Gasteiger partial charge in [0.2, 0.25) is 0 Å². The second-order valence-electron chi connectivity index (χ2n) is 4.20. The molecule has 3 nitrogen and oxygen atoms in total. The van der Waals surface area contributed by atoms with Crippen molar-refractivity contribution in [3.05, 3.63) is 28.5 Å². The Labute approximate surface area is 108 Å². The van der Waals surface area contributed by atoms with Crippen molar-refractivity contribution in [1.29, 1.82) is 0 Å².